The van der Waals surface area contributed by atoms with Crippen LogP contribution in [0.1, 0.15) is 34.9 Å². The van der Waals surface area contributed by atoms with Crippen molar-refractivity contribution in [3.05, 3.63) is 34.7 Å². The second kappa shape index (κ2) is 6.21. The van der Waals surface area contributed by atoms with Gasteiger partial charge in [-0.2, -0.15) is 0 Å². The summed E-state index contributed by atoms with van der Waals surface area (Å²) in [6.07, 6.45) is 5.25. The zero-order valence-electron chi connectivity index (χ0n) is 10.3. The molecule has 0 aliphatic heterocycles. The summed E-state index contributed by atoms with van der Waals surface area (Å²) in [4.78, 5) is 24.1. The van der Waals surface area contributed by atoms with Gasteiger partial charge in [0.1, 0.15) is 10.7 Å². The zero-order valence-corrected chi connectivity index (χ0v) is 11.1. The number of aromatic nitrogens is 3. The average Bonchev–Trinajstić information content (AvgIpc) is 2.98. The Hall–Kier alpha value is -2.06. The molecule has 4 N–H and O–H groups in total. The molecule has 1 amide bonds. The van der Waals surface area contributed by atoms with Crippen LogP contribution in [0.25, 0.3) is 0 Å². The summed E-state index contributed by atoms with van der Waals surface area (Å²) in [7, 11) is 0. The molecule has 2 heterocycles. The van der Waals surface area contributed by atoms with Crippen LogP contribution in [0.5, 0.6) is 0 Å². The Morgan fingerprint density at radius 3 is 2.79 bits per heavy atom. The number of hydrazine groups is 1. The van der Waals surface area contributed by atoms with Crippen LogP contribution in [0, 0.1) is 0 Å². The lowest BCUT2D eigenvalue weighted by atomic mass is 10.2. The van der Waals surface area contributed by atoms with E-state index in [-0.39, 0.29) is 17.6 Å². The fourth-order valence-corrected chi connectivity index (χ4v) is 2.27. The van der Waals surface area contributed by atoms with E-state index in [4.69, 9.17) is 5.84 Å². The summed E-state index contributed by atoms with van der Waals surface area (Å²) in [5.74, 6) is 5.31. The van der Waals surface area contributed by atoms with Crippen LogP contribution in [-0.2, 0) is 0 Å². The van der Waals surface area contributed by atoms with Crippen LogP contribution in [0.15, 0.2) is 24.0 Å². The summed E-state index contributed by atoms with van der Waals surface area (Å²) < 4.78 is 0. The molecule has 0 spiro atoms. The van der Waals surface area contributed by atoms with Gasteiger partial charge in [-0.3, -0.25) is 4.79 Å². The van der Waals surface area contributed by atoms with E-state index in [2.05, 4.69) is 25.7 Å². The van der Waals surface area contributed by atoms with Crippen molar-refractivity contribution in [3.8, 4) is 0 Å². The van der Waals surface area contributed by atoms with Gasteiger partial charge in [-0.25, -0.2) is 20.8 Å². The van der Waals surface area contributed by atoms with E-state index in [0.29, 0.717) is 5.82 Å². The first-order valence-electron chi connectivity index (χ1n) is 5.73. The number of hydrogen-bond acceptors (Lipinski definition) is 7. The maximum atomic E-state index is 12.0. The number of nitrogens with zero attached hydrogens (tertiary/aromatic N) is 3. The molecule has 100 valence electrons. The highest BCUT2D eigenvalue weighted by Gasteiger charge is 2.17. The first kappa shape index (κ1) is 13.4. The topological polar surface area (TPSA) is 106 Å². The monoisotopic (exact) mass is 278 g/mol. The van der Waals surface area contributed by atoms with Gasteiger partial charge in [0.05, 0.1) is 18.4 Å². The van der Waals surface area contributed by atoms with Gasteiger partial charge >= 0.3 is 0 Å². The minimum atomic E-state index is -0.280. The molecule has 2 aromatic heterocycles. The van der Waals surface area contributed by atoms with Crippen LogP contribution in [-0.4, -0.2) is 20.9 Å². The number of thiazole rings is 1. The van der Waals surface area contributed by atoms with Crippen LogP contribution in [0.3, 0.4) is 0 Å². The van der Waals surface area contributed by atoms with Gasteiger partial charge in [-0.05, 0) is 6.42 Å². The van der Waals surface area contributed by atoms with E-state index in [1.54, 1.807) is 6.20 Å². The van der Waals surface area contributed by atoms with E-state index < -0.39 is 0 Å². The highest BCUT2D eigenvalue weighted by atomic mass is 32.1. The van der Waals surface area contributed by atoms with Crippen LogP contribution in [0.4, 0.5) is 5.82 Å². The first-order chi connectivity index (χ1) is 9.24. The van der Waals surface area contributed by atoms with Gasteiger partial charge < -0.3 is 10.7 Å². The number of amides is 1. The van der Waals surface area contributed by atoms with Crippen molar-refractivity contribution in [2.45, 2.75) is 19.4 Å². The molecule has 0 radical (unpaired) electrons. The summed E-state index contributed by atoms with van der Waals surface area (Å²) >= 11 is 1.51. The second-order valence-electron chi connectivity index (χ2n) is 3.74. The molecule has 2 rings (SSSR count). The van der Waals surface area contributed by atoms with Crippen molar-refractivity contribution in [2.24, 2.45) is 5.84 Å². The third-order valence-corrected chi connectivity index (χ3v) is 3.38. The van der Waals surface area contributed by atoms with Crippen molar-refractivity contribution in [1.82, 2.24) is 20.3 Å². The Labute approximate surface area is 114 Å². The molecule has 19 heavy (non-hydrogen) atoms. The second-order valence-corrected chi connectivity index (χ2v) is 4.66. The molecule has 1 atom stereocenters. The summed E-state index contributed by atoms with van der Waals surface area (Å²) in [5.41, 5.74) is 2.60. The molecule has 1 unspecified atom stereocenters. The number of nitrogens with two attached hydrogens (primary N) is 1. The average molecular weight is 278 g/mol. The minimum absolute atomic E-state index is 0.110. The Morgan fingerprint density at radius 1 is 1.42 bits per heavy atom. The SMILES string of the molecule is CCC(NC(=O)c1cnc(NN)cn1)c1nccs1. The number of nitrogen functional groups attached to an aromatic ring is 1. The Morgan fingerprint density at radius 2 is 2.26 bits per heavy atom. The fraction of sp³-hybridized carbons (Fsp3) is 0.273. The number of carbonyl (C=O) groups is 1. The quantitative estimate of drug-likeness (QED) is 0.558. The van der Waals surface area contributed by atoms with E-state index in [1.807, 2.05) is 12.3 Å². The van der Waals surface area contributed by atoms with Crippen molar-refractivity contribution in [2.75, 3.05) is 5.43 Å². The summed E-state index contributed by atoms with van der Waals surface area (Å²) in [5, 5.41) is 5.64. The fourth-order valence-electron chi connectivity index (χ4n) is 1.50. The Balaban J connectivity index is 2.06. The summed E-state index contributed by atoms with van der Waals surface area (Å²) in [6, 6.07) is -0.110. The number of hydrogen-bond donors (Lipinski definition) is 3. The molecule has 8 heteroatoms. The minimum Gasteiger partial charge on any atom is -0.341 e. The molecule has 0 saturated carbocycles. The summed E-state index contributed by atoms with van der Waals surface area (Å²) in [6.45, 7) is 1.99. The largest absolute Gasteiger partial charge is 0.341 e. The highest BCUT2D eigenvalue weighted by Crippen LogP contribution is 2.19. The van der Waals surface area contributed by atoms with Crippen LogP contribution < -0.4 is 16.6 Å². The first-order valence-corrected chi connectivity index (χ1v) is 6.61. The third kappa shape index (κ3) is 3.24. The standard InChI is InChI=1S/C11H14N6OS/c1-2-7(11-13-3-4-19-11)16-10(18)8-5-15-9(17-12)6-14-8/h3-7H,2,12H2,1H3,(H,15,17)(H,16,18). The molecule has 0 fully saturated rings. The van der Waals surface area contributed by atoms with Gasteiger partial charge in [0, 0.05) is 11.6 Å². The molecular formula is C11H14N6OS. The van der Waals surface area contributed by atoms with Crippen molar-refractivity contribution < 1.29 is 4.79 Å². The Bertz CT molecular complexity index is 527. The molecule has 0 saturated heterocycles. The smallest absolute Gasteiger partial charge is 0.272 e. The highest BCUT2D eigenvalue weighted by molar-refractivity contribution is 7.09. The van der Waals surface area contributed by atoms with Crippen molar-refractivity contribution in [3.63, 3.8) is 0 Å². The molecule has 0 aliphatic rings. The molecular weight excluding hydrogens is 264 g/mol. The van der Waals surface area contributed by atoms with E-state index in [9.17, 15) is 4.79 Å². The molecule has 0 bridgehead atoms. The maximum absolute atomic E-state index is 12.0. The van der Waals surface area contributed by atoms with E-state index >= 15 is 0 Å². The zero-order chi connectivity index (χ0) is 13.7. The number of nitrogens with one attached hydrogen (secondary N) is 2. The van der Waals surface area contributed by atoms with Crippen LogP contribution in [0.2, 0.25) is 0 Å². The van der Waals surface area contributed by atoms with Crippen molar-refractivity contribution in [1.29, 1.82) is 0 Å². The lowest BCUT2D eigenvalue weighted by molar-refractivity contribution is 0.0930. The molecule has 0 aliphatic carbocycles. The van der Waals surface area contributed by atoms with E-state index in [0.717, 1.165) is 11.4 Å². The predicted octanol–water partition coefficient (Wildman–Crippen LogP) is 1.10. The van der Waals surface area contributed by atoms with Gasteiger partial charge in [0.15, 0.2) is 5.82 Å². The Kier molecular flexibility index (Phi) is 4.37. The molecule has 7 nitrogen and oxygen atoms in total. The third-order valence-electron chi connectivity index (χ3n) is 2.50. The molecule has 2 aromatic rings. The van der Waals surface area contributed by atoms with E-state index in [1.165, 1.54) is 23.7 Å². The van der Waals surface area contributed by atoms with Gasteiger partial charge in [-0.15, -0.1) is 11.3 Å². The van der Waals surface area contributed by atoms with Crippen LogP contribution >= 0.6 is 11.3 Å². The predicted molar refractivity (Wildman–Crippen MR) is 72.5 cm³/mol. The maximum Gasteiger partial charge on any atom is 0.272 e. The molecule has 0 aromatic carbocycles. The van der Waals surface area contributed by atoms with Gasteiger partial charge in [0.2, 0.25) is 0 Å². The van der Waals surface area contributed by atoms with Gasteiger partial charge in [-0.1, -0.05) is 6.92 Å². The lowest BCUT2D eigenvalue weighted by Crippen LogP contribution is -2.29. The number of carbonyl (C=O) groups excluding carboxylic acids is 1. The lowest BCUT2D eigenvalue weighted by Gasteiger charge is -2.13. The van der Waals surface area contributed by atoms with Crippen molar-refractivity contribution >= 4 is 23.1 Å². The number of anilines is 1. The van der Waals surface area contributed by atoms with Gasteiger partial charge in [0.25, 0.3) is 5.91 Å². The number of rotatable bonds is 5. The normalized spacial score (nSPS) is 11.9.